The summed E-state index contributed by atoms with van der Waals surface area (Å²) in [6.07, 6.45) is 1.44. The van der Waals surface area contributed by atoms with Crippen molar-refractivity contribution in [3.63, 3.8) is 0 Å². The van der Waals surface area contributed by atoms with Crippen LogP contribution in [0.5, 0.6) is 0 Å². The SMILES string of the molecule is CCC(C)C(NC(=O)C(CC(C)C)NC(=O)C(N)CC(N)=O)C(=O)N1CCCC1C(=O)O. The summed E-state index contributed by atoms with van der Waals surface area (Å²) in [4.78, 5) is 62.5. The van der Waals surface area contributed by atoms with E-state index in [-0.39, 0.29) is 24.7 Å². The average molecular weight is 456 g/mol. The van der Waals surface area contributed by atoms with Gasteiger partial charge in [-0.25, -0.2) is 4.79 Å². The largest absolute Gasteiger partial charge is 0.480 e. The van der Waals surface area contributed by atoms with Gasteiger partial charge in [0.2, 0.25) is 23.6 Å². The lowest BCUT2D eigenvalue weighted by Crippen LogP contribution is -2.59. The van der Waals surface area contributed by atoms with E-state index in [1.54, 1.807) is 6.92 Å². The van der Waals surface area contributed by atoms with E-state index in [4.69, 9.17) is 11.5 Å². The van der Waals surface area contributed by atoms with E-state index in [9.17, 15) is 29.1 Å². The molecule has 1 aliphatic rings. The predicted octanol–water partition coefficient (Wildman–Crippen LogP) is -0.673. The van der Waals surface area contributed by atoms with Crippen LogP contribution in [0.4, 0.5) is 0 Å². The molecule has 0 radical (unpaired) electrons. The molecular weight excluding hydrogens is 418 g/mol. The maximum atomic E-state index is 13.2. The second-order valence-corrected chi connectivity index (χ2v) is 8.87. The van der Waals surface area contributed by atoms with Crippen LogP contribution in [0.1, 0.15) is 59.8 Å². The third-order valence-electron chi connectivity index (χ3n) is 5.70. The van der Waals surface area contributed by atoms with Gasteiger partial charge in [0.05, 0.1) is 12.5 Å². The van der Waals surface area contributed by atoms with Crippen molar-refractivity contribution in [3.05, 3.63) is 0 Å². The van der Waals surface area contributed by atoms with Gasteiger partial charge in [0.15, 0.2) is 0 Å². The van der Waals surface area contributed by atoms with E-state index >= 15 is 0 Å². The lowest BCUT2D eigenvalue weighted by molar-refractivity contribution is -0.150. The van der Waals surface area contributed by atoms with Gasteiger partial charge in [0.25, 0.3) is 0 Å². The Labute approximate surface area is 188 Å². The second-order valence-electron chi connectivity index (χ2n) is 8.87. The number of rotatable bonds is 12. The maximum absolute atomic E-state index is 13.2. The van der Waals surface area contributed by atoms with Crippen LogP contribution in [0.15, 0.2) is 0 Å². The standard InChI is InChI=1S/C21H37N5O6/c1-5-12(4)17(20(30)26-8-6-7-15(26)21(31)32)25-19(29)14(9-11(2)3)24-18(28)13(22)10-16(23)27/h11-15,17H,5-10,22H2,1-4H3,(H2,23,27)(H,24,28)(H,25,29)(H,31,32). The molecular formula is C21H37N5O6. The topological polar surface area (TPSA) is 185 Å². The number of amides is 4. The lowest BCUT2D eigenvalue weighted by Gasteiger charge is -2.32. The molecule has 1 aliphatic heterocycles. The van der Waals surface area contributed by atoms with Crippen molar-refractivity contribution in [2.75, 3.05) is 6.54 Å². The number of aliphatic carboxylic acids is 1. The Morgan fingerprint density at radius 2 is 1.72 bits per heavy atom. The molecule has 5 unspecified atom stereocenters. The van der Waals surface area contributed by atoms with E-state index < -0.39 is 53.8 Å². The molecule has 11 nitrogen and oxygen atoms in total. The summed E-state index contributed by atoms with van der Waals surface area (Å²) in [5.74, 6) is -3.74. The number of primary amides is 1. The van der Waals surface area contributed by atoms with Gasteiger partial charge in [0.1, 0.15) is 18.1 Å². The Kier molecular flexibility index (Phi) is 10.6. The maximum Gasteiger partial charge on any atom is 0.326 e. The zero-order valence-electron chi connectivity index (χ0n) is 19.3. The summed E-state index contributed by atoms with van der Waals surface area (Å²) in [5.41, 5.74) is 10.8. The Morgan fingerprint density at radius 1 is 1.09 bits per heavy atom. The quantitative estimate of drug-likeness (QED) is 0.258. The monoisotopic (exact) mass is 455 g/mol. The van der Waals surface area contributed by atoms with Crippen molar-refractivity contribution < 1.29 is 29.1 Å². The van der Waals surface area contributed by atoms with Crippen LogP contribution in [0.3, 0.4) is 0 Å². The number of carbonyl (C=O) groups excluding carboxylic acids is 4. The molecule has 0 aromatic rings. The normalized spacial score (nSPS) is 19.7. The molecule has 32 heavy (non-hydrogen) atoms. The Bertz CT molecular complexity index is 713. The van der Waals surface area contributed by atoms with Crippen molar-refractivity contribution in [1.29, 1.82) is 0 Å². The Balaban J connectivity index is 3.02. The molecule has 11 heteroatoms. The van der Waals surface area contributed by atoms with Crippen molar-refractivity contribution in [1.82, 2.24) is 15.5 Å². The Morgan fingerprint density at radius 3 is 2.22 bits per heavy atom. The summed E-state index contributed by atoms with van der Waals surface area (Å²) in [5, 5.41) is 14.7. The molecule has 7 N–H and O–H groups in total. The van der Waals surface area contributed by atoms with Gasteiger partial charge < -0.3 is 32.1 Å². The molecule has 0 aromatic heterocycles. The zero-order chi connectivity index (χ0) is 24.6. The van der Waals surface area contributed by atoms with Gasteiger partial charge in [-0.3, -0.25) is 19.2 Å². The molecule has 1 fully saturated rings. The van der Waals surface area contributed by atoms with Gasteiger partial charge in [-0.15, -0.1) is 0 Å². The van der Waals surface area contributed by atoms with E-state index in [0.717, 1.165) is 0 Å². The summed E-state index contributed by atoms with van der Waals surface area (Å²) in [6.45, 7) is 7.72. The molecule has 4 amide bonds. The summed E-state index contributed by atoms with van der Waals surface area (Å²) < 4.78 is 0. The minimum absolute atomic E-state index is 0.0335. The first-order valence-corrected chi connectivity index (χ1v) is 11.1. The van der Waals surface area contributed by atoms with Crippen molar-refractivity contribution >= 4 is 29.6 Å². The van der Waals surface area contributed by atoms with Crippen LogP contribution in [0.25, 0.3) is 0 Å². The van der Waals surface area contributed by atoms with Crippen LogP contribution in [-0.4, -0.2) is 70.3 Å². The number of likely N-dealkylation sites (tertiary alicyclic amines) is 1. The van der Waals surface area contributed by atoms with Gasteiger partial charge in [0, 0.05) is 6.54 Å². The summed E-state index contributed by atoms with van der Waals surface area (Å²) >= 11 is 0. The van der Waals surface area contributed by atoms with Crippen molar-refractivity contribution in [2.24, 2.45) is 23.3 Å². The van der Waals surface area contributed by atoms with Gasteiger partial charge in [-0.05, 0) is 31.1 Å². The first-order valence-electron chi connectivity index (χ1n) is 11.1. The molecule has 5 atom stereocenters. The molecule has 0 aromatic carbocycles. The third kappa shape index (κ3) is 7.77. The highest BCUT2D eigenvalue weighted by Crippen LogP contribution is 2.21. The molecule has 0 saturated carbocycles. The highest BCUT2D eigenvalue weighted by Gasteiger charge is 2.40. The zero-order valence-corrected chi connectivity index (χ0v) is 19.3. The molecule has 0 spiro atoms. The molecule has 0 aliphatic carbocycles. The van der Waals surface area contributed by atoms with Crippen molar-refractivity contribution in [3.8, 4) is 0 Å². The molecule has 182 valence electrons. The van der Waals surface area contributed by atoms with Crippen LogP contribution >= 0.6 is 0 Å². The average Bonchev–Trinajstić information content (AvgIpc) is 3.19. The molecule has 1 saturated heterocycles. The van der Waals surface area contributed by atoms with E-state index in [1.165, 1.54) is 4.90 Å². The smallest absolute Gasteiger partial charge is 0.326 e. The first kappa shape index (κ1) is 27.3. The minimum atomic E-state index is -1.19. The number of nitrogens with two attached hydrogens (primary N) is 2. The van der Waals surface area contributed by atoms with Crippen LogP contribution in [0.2, 0.25) is 0 Å². The van der Waals surface area contributed by atoms with E-state index in [1.807, 2.05) is 20.8 Å². The number of nitrogens with zero attached hydrogens (tertiary/aromatic N) is 1. The van der Waals surface area contributed by atoms with Gasteiger partial charge in [-0.1, -0.05) is 34.1 Å². The third-order valence-corrected chi connectivity index (χ3v) is 5.70. The fraction of sp³-hybridized carbons (Fsp3) is 0.762. The predicted molar refractivity (Wildman–Crippen MR) is 117 cm³/mol. The number of carbonyl (C=O) groups is 5. The van der Waals surface area contributed by atoms with Gasteiger partial charge in [-0.2, -0.15) is 0 Å². The van der Waals surface area contributed by atoms with Crippen molar-refractivity contribution in [2.45, 2.75) is 84.0 Å². The number of carboxylic acids is 1. The summed E-state index contributed by atoms with van der Waals surface area (Å²) in [7, 11) is 0. The van der Waals surface area contributed by atoms with E-state index in [0.29, 0.717) is 25.8 Å². The minimum Gasteiger partial charge on any atom is -0.480 e. The summed E-state index contributed by atoms with van der Waals surface area (Å²) in [6, 6.07) is -4.01. The van der Waals surface area contributed by atoms with Gasteiger partial charge >= 0.3 is 5.97 Å². The van der Waals surface area contributed by atoms with Crippen LogP contribution < -0.4 is 22.1 Å². The number of carboxylic acid groups (broad SMARTS) is 1. The van der Waals surface area contributed by atoms with E-state index in [2.05, 4.69) is 10.6 Å². The number of hydrogen-bond donors (Lipinski definition) is 5. The highest BCUT2D eigenvalue weighted by molar-refractivity contribution is 5.95. The van der Waals surface area contributed by atoms with Crippen LogP contribution in [0, 0.1) is 11.8 Å². The van der Waals surface area contributed by atoms with Crippen LogP contribution in [-0.2, 0) is 24.0 Å². The number of nitrogens with one attached hydrogen (secondary N) is 2. The molecule has 0 bridgehead atoms. The fourth-order valence-electron chi connectivity index (χ4n) is 3.69. The lowest BCUT2D eigenvalue weighted by atomic mass is 9.96. The Hall–Kier alpha value is -2.69. The second kappa shape index (κ2) is 12.4. The molecule has 1 rings (SSSR count). The number of hydrogen-bond acceptors (Lipinski definition) is 6. The molecule has 1 heterocycles. The highest BCUT2D eigenvalue weighted by atomic mass is 16.4. The fourth-order valence-corrected chi connectivity index (χ4v) is 3.69. The first-order chi connectivity index (χ1) is 14.9.